The molecule has 0 aromatic rings. The molecule has 1 aliphatic heterocycles. The van der Waals surface area contributed by atoms with E-state index >= 15 is 0 Å². The highest BCUT2D eigenvalue weighted by molar-refractivity contribution is 5.33. The van der Waals surface area contributed by atoms with E-state index in [-0.39, 0.29) is 27.8 Å². The molecule has 4 heteroatoms. The van der Waals surface area contributed by atoms with E-state index in [1.165, 1.54) is 25.7 Å². The van der Waals surface area contributed by atoms with Gasteiger partial charge in [-0.2, -0.15) is 0 Å². The lowest BCUT2D eigenvalue weighted by atomic mass is 9.41. The van der Waals surface area contributed by atoms with Crippen molar-refractivity contribution in [2.45, 2.75) is 124 Å². The number of allylic oxidation sites excluding steroid dienone is 2. The van der Waals surface area contributed by atoms with E-state index in [4.69, 9.17) is 4.74 Å². The normalized spacial score (nSPS) is 52.9. The summed E-state index contributed by atoms with van der Waals surface area (Å²) in [5, 5.41) is 32.1. The summed E-state index contributed by atoms with van der Waals surface area (Å²) in [6.07, 6.45) is 10.2. The Morgan fingerprint density at radius 3 is 2.32 bits per heavy atom. The van der Waals surface area contributed by atoms with Crippen LogP contribution in [0.5, 0.6) is 0 Å². The maximum absolute atomic E-state index is 10.9. The average Bonchev–Trinajstić information content (AvgIpc) is 3.02. The van der Waals surface area contributed by atoms with Gasteiger partial charge in [-0.15, -0.1) is 0 Å². The third-order valence-electron chi connectivity index (χ3n) is 12.5. The predicted octanol–water partition coefficient (Wildman–Crippen LogP) is 5.49. The monoisotopic (exact) mass is 474 g/mol. The van der Waals surface area contributed by atoms with Crippen LogP contribution in [-0.4, -0.2) is 45.8 Å². The van der Waals surface area contributed by atoms with Gasteiger partial charge in [-0.1, -0.05) is 46.3 Å². The number of rotatable bonds is 2. The van der Waals surface area contributed by atoms with Gasteiger partial charge in [0.15, 0.2) is 0 Å². The van der Waals surface area contributed by atoms with Gasteiger partial charge in [-0.05, 0) is 111 Å². The summed E-state index contributed by atoms with van der Waals surface area (Å²) in [6, 6.07) is 0. The van der Waals surface area contributed by atoms with Gasteiger partial charge in [0.05, 0.1) is 24.4 Å². The Kier molecular flexibility index (Phi) is 5.78. The fourth-order valence-electron chi connectivity index (χ4n) is 10.3. The highest BCUT2D eigenvalue weighted by Crippen LogP contribution is 2.73. The molecule has 4 fully saturated rings. The Morgan fingerprint density at radius 1 is 0.971 bits per heavy atom. The van der Waals surface area contributed by atoms with Crippen molar-refractivity contribution >= 4 is 0 Å². The number of aliphatic hydroxyl groups excluding tert-OH is 2. The van der Waals surface area contributed by atoms with Crippen LogP contribution in [0.25, 0.3) is 0 Å². The summed E-state index contributed by atoms with van der Waals surface area (Å²) in [5.74, 6) is 2.08. The van der Waals surface area contributed by atoms with E-state index in [2.05, 4.69) is 40.7 Å². The first-order chi connectivity index (χ1) is 15.7. The summed E-state index contributed by atoms with van der Waals surface area (Å²) in [5.41, 5.74) is 1.38. The minimum absolute atomic E-state index is 0.0263. The molecular formula is C30H50O4. The molecular weight excluding hydrogens is 424 g/mol. The number of hydrogen-bond acceptors (Lipinski definition) is 4. The van der Waals surface area contributed by atoms with Gasteiger partial charge in [0.25, 0.3) is 0 Å². The van der Waals surface area contributed by atoms with Crippen LogP contribution in [0.3, 0.4) is 0 Å². The van der Waals surface area contributed by atoms with Crippen LogP contribution in [0, 0.1) is 45.3 Å². The first-order valence-electron chi connectivity index (χ1n) is 14.1. The van der Waals surface area contributed by atoms with Crippen molar-refractivity contribution in [2.24, 2.45) is 45.3 Å². The molecule has 4 aliphatic carbocycles. The van der Waals surface area contributed by atoms with E-state index in [1.54, 1.807) is 19.4 Å². The van der Waals surface area contributed by atoms with E-state index < -0.39 is 17.8 Å². The fourth-order valence-corrected chi connectivity index (χ4v) is 10.3. The summed E-state index contributed by atoms with van der Waals surface area (Å²) in [6.45, 7) is 16.4. The van der Waals surface area contributed by atoms with Crippen molar-refractivity contribution in [3.63, 3.8) is 0 Å². The second kappa shape index (κ2) is 7.79. The molecule has 5 aliphatic rings. The van der Waals surface area contributed by atoms with Gasteiger partial charge < -0.3 is 20.1 Å². The highest BCUT2D eigenvalue weighted by atomic mass is 16.5. The molecule has 0 unspecified atom stereocenters. The minimum atomic E-state index is -1.02. The van der Waals surface area contributed by atoms with Crippen LogP contribution in [0.1, 0.15) is 99.8 Å². The molecule has 4 nitrogen and oxygen atoms in total. The largest absolute Gasteiger partial charge is 0.393 e. The zero-order valence-electron chi connectivity index (χ0n) is 22.7. The molecule has 0 radical (unpaired) electrons. The van der Waals surface area contributed by atoms with Crippen LogP contribution in [0.15, 0.2) is 11.6 Å². The third-order valence-corrected chi connectivity index (χ3v) is 12.5. The average molecular weight is 475 g/mol. The lowest BCUT2D eigenvalue weighted by Crippen LogP contribution is -2.58. The van der Waals surface area contributed by atoms with Gasteiger partial charge in [-0.25, -0.2) is 0 Å². The lowest BCUT2D eigenvalue weighted by Gasteiger charge is -2.64. The molecule has 0 spiro atoms. The molecule has 5 rings (SSSR count). The molecule has 34 heavy (non-hydrogen) atoms. The lowest BCUT2D eigenvalue weighted by molar-refractivity contribution is -0.188. The van der Waals surface area contributed by atoms with E-state index in [9.17, 15) is 15.3 Å². The van der Waals surface area contributed by atoms with Crippen LogP contribution in [-0.2, 0) is 4.74 Å². The number of hydrogen-bond donors (Lipinski definition) is 3. The zero-order valence-corrected chi connectivity index (χ0v) is 22.7. The molecule has 0 aromatic heterocycles. The maximum atomic E-state index is 10.9. The Hall–Kier alpha value is -0.420. The third kappa shape index (κ3) is 3.30. The topological polar surface area (TPSA) is 69.9 Å². The summed E-state index contributed by atoms with van der Waals surface area (Å²) in [4.78, 5) is 0. The number of fused-ring (bicyclic) bond motifs is 5. The summed E-state index contributed by atoms with van der Waals surface area (Å²) in [7, 11) is 0. The van der Waals surface area contributed by atoms with Gasteiger partial charge in [0.2, 0.25) is 0 Å². The van der Waals surface area contributed by atoms with E-state index in [0.29, 0.717) is 30.3 Å². The van der Waals surface area contributed by atoms with Crippen molar-refractivity contribution in [1.29, 1.82) is 0 Å². The Morgan fingerprint density at radius 2 is 1.68 bits per heavy atom. The molecule has 0 bridgehead atoms. The van der Waals surface area contributed by atoms with Crippen molar-refractivity contribution in [3.05, 3.63) is 11.6 Å². The van der Waals surface area contributed by atoms with E-state index in [1.807, 2.05) is 0 Å². The Labute approximate surface area is 207 Å². The molecule has 0 amide bonds. The molecule has 0 aromatic carbocycles. The SMILES string of the molecule is CC(C)(O)[C@H]1OC[C@@H]([C@@H]2CC[C@]3(C)C4=CC[C@H]5C(C)(C)[C@H](O)CC[C@]5(C)[C@@H]4CC[C@@]23C)C[C@H]1O. The van der Waals surface area contributed by atoms with Gasteiger partial charge in [0.1, 0.15) is 6.10 Å². The van der Waals surface area contributed by atoms with Crippen molar-refractivity contribution in [2.75, 3.05) is 6.61 Å². The van der Waals surface area contributed by atoms with Crippen molar-refractivity contribution in [3.8, 4) is 0 Å². The van der Waals surface area contributed by atoms with Crippen molar-refractivity contribution in [1.82, 2.24) is 0 Å². The zero-order chi connectivity index (χ0) is 24.9. The fraction of sp³-hybridized carbons (Fsp3) is 0.933. The first-order valence-corrected chi connectivity index (χ1v) is 14.1. The molecule has 10 atom stereocenters. The van der Waals surface area contributed by atoms with Crippen LogP contribution >= 0.6 is 0 Å². The van der Waals surface area contributed by atoms with Gasteiger partial charge in [-0.3, -0.25) is 0 Å². The van der Waals surface area contributed by atoms with Gasteiger partial charge >= 0.3 is 0 Å². The standard InChI is InChI=1S/C30H50O4/c1-26(2)23-9-8-21-20(28(23,5)13-12-24(26)32)11-15-29(6)19(10-14-30(21,29)7)18-16-22(31)25(34-17-18)27(3,4)33/h8,18-20,22-25,31-33H,9-17H2,1-7H3/t18-,19-,20+,22+,23-,24+,25-,28+,29-,30+/m0/s1. The van der Waals surface area contributed by atoms with Gasteiger partial charge in [0, 0.05) is 0 Å². The summed E-state index contributed by atoms with van der Waals surface area (Å²) >= 11 is 0. The quantitative estimate of drug-likeness (QED) is 0.463. The predicted molar refractivity (Wildman–Crippen MR) is 135 cm³/mol. The van der Waals surface area contributed by atoms with Crippen LogP contribution in [0.4, 0.5) is 0 Å². The number of aliphatic hydroxyl groups is 3. The van der Waals surface area contributed by atoms with Crippen molar-refractivity contribution < 1.29 is 20.1 Å². The molecule has 1 heterocycles. The second-order valence-electron chi connectivity index (χ2n) is 14.8. The Bertz CT molecular complexity index is 841. The Balaban J connectivity index is 1.42. The molecule has 3 saturated carbocycles. The minimum Gasteiger partial charge on any atom is -0.393 e. The van der Waals surface area contributed by atoms with E-state index in [0.717, 1.165) is 25.7 Å². The summed E-state index contributed by atoms with van der Waals surface area (Å²) < 4.78 is 6.13. The molecule has 3 N–H and O–H groups in total. The number of ether oxygens (including phenoxy) is 1. The molecule has 1 saturated heterocycles. The second-order valence-corrected chi connectivity index (χ2v) is 14.8. The van der Waals surface area contributed by atoms with Crippen LogP contribution < -0.4 is 0 Å². The smallest absolute Gasteiger partial charge is 0.111 e. The van der Waals surface area contributed by atoms with Crippen LogP contribution in [0.2, 0.25) is 0 Å². The molecule has 194 valence electrons. The maximum Gasteiger partial charge on any atom is 0.111 e. The first kappa shape index (κ1) is 25.2. The highest BCUT2D eigenvalue weighted by Gasteiger charge is 2.65.